The monoisotopic (exact) mass is 246 g/mol. The largest absolute Gasteiger partial charge is 0.495 e. The van der Waals surface area contributed by atoms with E-state index >= 15 is 0 Å². The normalized spacial score (nSPS) is 10.0. The first-order valence-corrected chi connectivity index (χ1v) is 4.36. The van der Waals surface area contributed by atoms with E-state index in [0.29, 0.717) is 0 Å². The van der Waals surface area contributed by atoms with Gasteiger partial charge in [0.25, 0.3) is 11.7 Å². The summed E-state index contributed by atoms with van der Waals surface area (Å²) in [7, 11) is 1.19. The molecule has 0 fully saturated rings. The van der Waals surface area contributed by atoms with Crippen LogP contribution in [0.4, 0.5) is 8.78 Å². The van der Waals surface area contributed by atoms with Gasteiger partial charge in [0.1, 0.15) is 28.8 Å². The van der Waals surface area contributed by atoms with Gasteiger partial charge < -0.3 is 4.74 Å². The van der Waals surface area contributed by atoms with Crippen LogP contribution in [0.15, 0.2) is 6.07 Å². The molecule has 4 nitrogen and oxygen atoms in total. The molecule has 0 aliphatic carbocycles. The summed E-state index contributed by atoms with van der Waals surface area (Å²) in [5.74, 6) is -0.156. The van der Waals surface area contributed by atoms with Crippen molar-refractivity contribution in [2.24, 2.45) is 0 Å². The Morgan fingerprint density at radius 1 is 1.69 bits per heavy atom. The van der Waals surface area contributed by atoms with E-state index in [1.54, 1.807) is 6.07 Å². The Kier molecular flexibility index (Phi) is 3.74. The van der Waals surface area contributed by atoms with Crippen LogP contribution in [0.2, 0.25) is 0 Å². The minimum absolute atomic E-state index is 0.156. The van der Waals surface area contributed by atoms with Crippen LogP contribution in [0.25, 0.3) is 0 Å². The van der Waals surface area contributed by atoms with Crippen molar-refractivity contribution in [3.63, 3.8) is 0 Å². The van der Waals surface area contributed by atoms with Crippen LogP contribution in [-0.4, -0.2) is 17.3 Å². The van der Waals surface area contributed by atoms with Crippen LogP contribution in [0.5, 0.6) is 5.75 Å². The second kappa shape index (κ2) is 4.86. The first-order chi connectivity index (χ1) is 7.51. The van der Waals surface area contributed by atoms with Crippen molar-refractivity contribution in [2.75, 3.05) is 7.11 Å². The lowest BCUT2D eigenvalue weighted by Gasteiger charge is -2.07. The fraction of sp³-hybridized carbons (Fsp3) is 0.222. The third kappa shape index (κ3) is 2.25. The molecule has 0 radical (unpaired) electrons. The maximum Gasteiger partial charge on any atom is 0.280 e. The molecule has 1 aromatic rings. The fourth-order valence-electron chi connectivity index (χ4n) is 1.06. The second-order valence-electron chi connectivity index (χ2n) is 2.66. The topological polar surface area (TPSA) is 63.0 Å². The predicted molar refractivity (Wildman–Crippen MR) is 50.6 cm³/mol. The number of aromatic nitrogens is 1. The Morgan fingerprint density at radius 3 is 2.69 bits per heavy atom. The van der Waals surface area contributed by atoms with Crippen LogP contribution in [0.3, 0.4) is 0 Å². The van der Waals surface area contributed by atoms with Gasteiger partial charge in [-0.05, 0) is 11.6 Å². The number of methoxy groups -OCH3 is 1. The van der Waals surface area contributed by atoms with E-state index < -0.39 is 23.1 Å². The molecule has 0 saturated heterocycles. The highest BCUT2D eigenvalue weighted by molar-refractivity contribution is 6.67. The highest BCUT2D eigenvalue weighted by Gasteiger charge is 2.21. The van der Waals surface area contributed by atoms with Crippen LogP contribution in [0.1, 0.15) is 28.2 Å². The third-order valence-corrected chi connectivity index (χ3v) is 1.92. The molecule has 0 unspecified atom stereocenters. The highest BCUT2D eigenvalue weighted by Crippen LogP contribution is 2.27. The number of ether oxygens (including phenoxy) is 1. The van der Waals surface area contributed by atoms with Crippen molar-refractivity contribution in [3.8, 4) is 11.8 Å². The number of carbonyl (C=O) groups is 1. The van der Waals surface area contributed by atoms with Gasteiger partial charge in [-0.1, -0.05) is 0 Å². The number of rotatable bonds is 3. The maximum atomic E-state index is 12.4. The van der Waals surface area contributed by atoms with Crippen LogP contribution in [0, 0.1) is 11.3 Å². The smallest absolute Gasteiger partial charge is 0.280 e. The fourth-order valence-corrected chi connectivity index (χ4v) is 1.20. The van der Waals surface area contributed by atoms with Crippen molar-refractivity contribution in [1.82, 2.24) is 4.98 Å². The molecule has 84 valence electrons. The summed E-state index contributed by atoms with van der Waals surface area (Å²) >= 11 is 5.14. The van der Waals surface area contributed by atoms with Gasteiger partial charge in [0.15, 0.2) is 0 Å². The Balaban J connectivity index is 3.51. The molecule has 1 heterocycles. The number of hydrogen-bond acceptors (Lipinski definition) is 4. The van der Waals surface area contributed by atoms with E-state index in [1.807, 2.05) is 0 Å². The van der Waals surface area contributed by atoms with Crippen LogP contribution in [-0.2, 0) is 0 Å². The van der Waals surface area contributed by atoms with Gasteiger partial charge in [-0.3, -0.25) is 4.79 Å². The average molecular weight is 247 g/mol. The zero-order valence-corrected chi connectivity index (χ0v) is 8.76. The van der Waals surface area contributed by atoms with Gasteiger partial charge >= 0.3 is 0 Å². The van der Waals surface area contributed by atoms with Crippen molar-refractivity contribution >= 4 is 16.8 Å². The quantitative estimate of drug-likeness (QED) is 0.768. The molecule has 0 spiro atoms. The second-order valence-corrected chi connectivity index (χ2v) is 3.00. The Labute approximate surface area is 94.4 Å². The molecule has 1 rings (SSSR count). The molecular weight excluding hydrogens is 242 g/mol. The van der Waals surface area contributed by atoms with Crippen LogP contribution < -0.4 is 4.74 Å². The molecule has 7 heteroatoms. The standard InChI is InChI=1S/C9H5ClF2N2O2/c1-16-6-2-5(9(11)12)14-7(8(10)15)4(6)3-13/h2,9H,1H3. The number of halogens is 3. The number of carbonyl (C=O) groups excluding carboxylic acids is 1. The van der Waals surface area contributed by atoms with Gasteiger partial charge in [0.2, 0.25) is 0 Å². The van der Waals surface area contributed by atoms with Gasteiger partial charge in [0, 0.05) is 6.07 Å². The number of nitriles is 1. The van der Waals surface area contributed by atoms with Gasteiger partial charge in [-0.15, -0.1) is 0 Å². The van der Waals surface area contributed by atoms with E-state index in [0.717, 1.165) is 6.07 Å². The zero-order valence-electron chi connectivity index (χ0n) is 8.00. The molecule has 0 aromatic carbocycles. The zero-order chi connectivity index (χ0) is 12.3. The summed E-state index contributed by atoms with van der Waals surface area (Å²) < 4.78 is 29.5. The summed E-state index contributed by atoms with van der Waals surface area (Å²) in [4.78, 5) is 14.2. The molecule has 0 amide bonds. The van der Waals surface area contributed by atoms with Gasteiger partial charge in [0.05, 0.1) is 7.11 Å². The lowest BCUT2D eigenvalue weighted by atomic mass is 10.1. The first kappa shape index (κ1) is 12.3. The Morgan fingerprint density at radius 2 is 2.31 bits per heavy atom. The molecule has 0 aliphatic rings. The lowest BCUT2D eigenvalue weighted by Crippen LogP contribution is -2.05. The van der Waals surface area contributed by atoms with E-state index in [4.69, 9.17) is 21.6 Å². The number of alkyl halides is 2. The Hall–Kier alpha value is -1.74. The van der Waals surface area contributed by atoms with E-state index in [9.17, 15) is 13.6 Å². The van der Waals surface area contributed by atoms with Gasteiger partial charge in [-0.2, -0.15) is 5.26 Å². The molecule has 0 atom stereocenters. The maximum absolute atomic E-state index is 12.4. The highest BCUT2D eigenvalue weighted by atomic mass is 35.5. The molecule has 0 N–H and O–H groups in total. The number of hydrogen-bond donors (Lipinski definition) is 0. The van der Waals surface area contributed by atoms with Gasteiger partial charge in [-0.25, -0.2) is 13.8 Å². The van der Waals surface area contributed by atoms with E-state index in [1.165, 1.54) is 7.11 Å². The minimum atomic E-state index is -2.88. The molecular formula is C9H5ClF2N2O2. The van der Waals surface area contributed by atoms with E-state index in [2.05, 4.69) is 4.98 Å². The summed E-state index contributed by atoms with van der Waals surface area (Å²) in [6, 6.07) is 2.52. The SMILES string of the molecule is COc1cc(C(F)F)nc(C(=O)Cl)c1C#N. The van der Waals surface area contributed by atoms with Crippen molar-refractivity contribution < 1.29 is 18.3 Å². The molecule has 16 heavy (non-hydrogen) atoms. The van der Waals surface area contributed by atoms with Crippen LogP contribution >= 0.6 is 11.6 Å². The summed E-state index contributed by atoms with van der Waals surface area (Å²) in [6.07, 6.45) is -2.88. The summed E-state index contributed by atoms with van der Waals surface area (Å²) in [6.45, 7) is 0. The van der Waals surface area contributed by atoms with Crippen molar-refractivity contribution in [1.29, 1.82) is 5.26 Å². The lowest BCUT2D eigenvalue weighted by molar-refractivity contribution is 0.107. The first-order valence-electron chi connectivity index (χ1n) is 3.98. The Bertz CT molecular complexity index is 471. The third-order valence-electron chi connectivity index (χ3n) is 1.74. The number of pyridine rings is 1. The molecule has 0 aliphatic heterocycles. The molecule has 0 saturated carbocycles. The predicted octanol–water partition coefficient (Wildman–Crippen LogP) is 2.28. The summed E-state index contributed by atoms with van der Waals surface area (Å²) in [5, 5.41) is 7.65. The number of nitrogens with zero attached hydrogens (tertiary/aromatic N) is 2. The van der Waals surface area contributed by atoms with Crippen molar-refractivity contribution in [3.05, 3.63) is 23.0 Å². The summed E-state index contributed by atoms with van der Waals surface area (Å²) in [5.41, 5.74) is -1.45. The average Bonchev–Trinajstić information content (AvgIpc) is 2.26. The molecule has 1 aromatic heterocycles. The van der Waals surface area contributed by atoms with E-state index in [-0.39, 0.29) is 11.3 Å². The molecule has 0 bridgehead atoms. The van der Waals surface area contributed by atoms with Crippen molar-refractivity contribution in [2.45, 2.75) is 6.43 Å². The minimum Gasteiger partial charge on any atom is -0.495 e.